The van der Waals surface area contributed by atoms with E-state index in [1.54, 1.807) is 12.1 Å². The van der Waals surface area contributed by atoms with Crippen molar-refractivity contribution < 1.29 is 9.59 Å². The lowest BCUT2D eigenvalue weighted by atomic mass is 10.1. The highest BCUT2D eigenvalue weighted by Crippen LogP contribution is 2.13. The van der Waals surface area contributed by atoms with Gasteiger partial charge in [0.1, 0.15) is 0 Å². The Hall–Kier alpha value is -2.70. The standard InChI is InChI=1S/C15H17N5O2/c21-14(13-10-17-19-18-13)16-9-11-3-5-12(6-4-11)15(22)20-7-1-2-8-20/h3-6,10H,1-2,7-9H2,(H,16,21)(H,17,18,19). The first kappa shape index (κ1) is 14.2. The van der Waals surface area contributed by atoms with Crippen molar-refractivity contribution in [1.29, 1.82) is 0 Å². The molecule has 0 spiro atoms. The molecule has 114 valence electrons. The first-order valence-corrected chi connectivity index (χ1v) is 7.26. The molecule has 22 heavy (non-hydrogen) atoms. The number of nitrogens with zero attached hydrogens (tertiary/aromatic N) is 3. The number of hydrogen-bond acceptors (Lipinski definition) is 4. The molecule has 0 bridgehead atoms. The van der Waals surface area contributed by atoms with Gasteiger partial charge >= 0.3 is 0 Å². The number of H-pyrrole nitrogens is 1. The van der Waals surface area contributed by atoms with Crippen molar-refractivity contribution in [2.75, 3.05) is 13.1 Å². The molecule has 2 N–H and O–H groups in total. The fourth-order valence-corrected chi connectivity index (χ4v) is 2.45. The van der Waals surface area contributed by atoms with E-state index in [4.69, 9.17) is 0 Å². The van der Waals surface area contributed by atoms with Crippen molar-refractivity contribution in [3.63, 3.8) is 0 Å². The van der Waals surface area contributed by atoms with Crippen LogP contribution in [0.3, 0.4) is 0 Å². The highest BCUT2D eigenvalue weighted by atomic mass is 16.2. The smallest absolute Gasteiger partial charge is 0.273 e. The van der Waals surface area contributed by atoms with E-state index in [9.17, 15) is 9.59 Å². The molecule has 0 saturated carbocycles. The summed E-state index contributed by atoms with van der Waals surface area (Å²) in [7, 11) is 0. The Morgan fingerprint density at radius 2 is 1.91 bits per heavy atom. The van der Waals surface area contributed by atoms with Gasteiger partial charge < -0.3 is 10.2 Å². The third-order valence-corrected chi connectivity index (χ3v) is 3.69. The third kappa shape index (κ3) is 3.13. The van der Waals surface area contributed by atoms with Gasteiger partial charge in [-0.1, -0.05) is 12.1 Å². The molecular weight excluding hydrogens is 282 g/mol. The molecule has 1 fully saturated rings. The highest BCUT2D eigenvalue weighted by molar-refractivity contribution is 5.94. The van der Waals surface area contributed by atoms with Gasteiger partial charge in [0.05, 0.1) is 6.20 Å². The summed E-state index contributed by atoms with van der Waals surface area (Å²) >= 11 is 0. The average molecular weight is 299 g/mol. The van der Waals surface area contributed by atoms with Crippen LogP contribution in [0.1, 0.15) is 39.3 Å². The molecular formula is C15H17N5O2. The van der Waals surface area contributed by atoms with E-state index in [1.165, 1.54) is 6.20 Å². The minimum Gasteiger partial charge on any atom is -0.347 e. The van der Waals surface area contributed by atoms with Crippen molar-refractivity contribution in [3.8, 4) is 0 Å². The molecule has 0 atom stereocenters. The zero-order valence-electron chi connectivity index (χ0n) is 12.1. The van der Waals surface area contributed by atoms with Gasteiger partial charge in [-0.3, -0.25) is 9.59 Å². The van der Waals surface area contributed by atoms with E-state index in [0.29, 0.717) is 12.1 Å². The minimum atomic E-state index is -0.286. The topological polar surface area (TPSA) is 91.0 Å². The van der Waals surface area contributed by atoms with Crippen LogP contribution < -0.4 is 5.32 Å². The third-order valence-electron chi connectivity index (χ3n) is 3.69. The normalized spacial score (nSPS) is 14.1. The predicted octanol–water partition coefficient (Wildman–Crippen LogP) is 0.971. The second-order valence-electron chi connectivity index (χ2n) is 5.23. The molecule has 7 nitrogen and oxygen atoms in total. The van der Waals surface area contributed by atoms with Gasteiger partial charge in [0.15, 0.2) is 5.69 Å². The second kappa shape index (κ2) is 6.38. The van der Waals surface area contributed by atoms with Gasteiger partial charge in [-0.2, -0.15) is 15.4 Å². The van der Waals surface area contributed by atoms with E-state index in [1.807, 2.05) is 17.0 Å². The van der Waals surface area contributed by atoms with E-state index in [-0.39, 0.29) is 17.5 Å². The number of aromatic nitrogens is 3. The van der Waals surface area contributed by atoms with Crippen molar-refractivity contribution in [3.05, 3.63) is 47.3 Å². The first-order valence-electron chi connectivity index (χ1n) is 7.26. The van der Waals surface area contributed by atoms with Crippen LogP contribution in [0.4, 0.5) is 0 Å². The van der Waals surface area contributed by atoms with Crippen LogP contribution in [0.15, 0.2) is 30.5 Å². The molecule has 0 radical (unpaired) electrons. The summed E-state index contributed by atoms with van der Waals surface area (Å²) in [6, 6.07) is 7.31. The molecule has 2 amide bonds. The molecule has 3 rings (SSSR count). The minimum absolute atomic E-state index is 0.0793. The molecule has 2 heterocycles. The number of carbonyl (C=O) groups is 2. The fourth-order valence-electron chi connectivity index (χ4n) is 2.45. The second-order valence-corrected chi connectivity index (χ2v) is 5.23. The molecule has 0 aliphatic carbocycles. The van der Waals surface area contributed by atoms with Gasteiger partial charge in [-0.25, -0.2) is 0 Å². The van der Waals surface area contributed by atoms with E-state index in [0.717, 1.165) is 31.5 Å². The molecule has 2 aromatic rings. The lowest BCUT2D eigenvalue weighted by molar-refractivity contribution is 0.0792. The number of hydrogen-bond donors (Lipinski definition) is 2. The molecule has 0 unspecified atom stereocenters. The maximum atomic E-state index is 12.2. The summed E-state index contributed by atoms with van der Waals surface area (Å²) in [5.74, 6) is -0.207. The van der Waals surface area contributed by atoms with Gasteiger partial charge in [-0.05, 0) is 30.5 Å². The van der Waals surface area contributed by atoms with Gasteiger partial charge in [0.25, 0.3) is 11.8 Å². The number of carbonyl (C=O) groups excluding carboxylic acids is 2. The Balaban J connectivity index is 1.57. The van der Waals surface area contributed by atoms with Crippen LogP contribution in [0.2, 0.25) is 0 Å². The van der Waals surface area contributed by atoms with Crippen LogP contribution in [-0.4, -0.2) is 45.2 Å². The number of amides is 2. The van der Waals surface area contributed by atoms with Crippen LogP contribution in [0.5, 0.6) is 0 Å². The molecule has 1 aliphatic heterocycles. The summed E-state index contributed by atoms with van der Waals surface area (Å²) in [6.45, 7) is 2.06. The maximum absolute atomic E-state index is 12.2. The zero-order valence-corrected chi connectivity index (χ0v) is 12.1. The zero-order chi connectivity index (χ0) is 15.4. The summed E-state index contributed by atoms with van der Waals surface area (Å²) < 4.78 is 0. The molecule has 7 heteroatoms. The number of rotatable bonds is 4. The highest BCUT2D eigenvalue weighted by Gasteiger charge is 2.19. The van der Waals surface area contributed by atoms with Crippen molar-refractivity contribution in [1.82, 2.24) is 25.6 Å². The Kier molecular flexibility index (Phi) is 4.13. The van der Waals surface area contributed by atoms with Crippen molar-refractivity contribution >= 4 is 11.8 Å². The summed E-state index contributed by atoms with van der Waals surface area (Å²) in [4.78, 5) is 25.8. The monoisotopic (exact) mass is 299 g/mol. The van der Waals surface area contributed by atoms with Gasteiger partial charge in [0.2, 0.25) is 0 Å². The summed E-state index contributed by atoms with van der Waals surface area (Å²) in [6.07, 6.45) is 3.53. The molecule has 1 saturated heterocycles. The molecule has 1 aromatic carbocycles. The average Bonchev–Trinajstić information content (AvgIpc) is 3.25. The van der Waals surface area contributed by atoms with Gasteiger partial charge in [-0.15, -0.1) is 0 Å². The maximum Gasteiger partial charge on any atom is 0.273 e. The number of likely N-dealkylation sites (tertiary alicyclic amines) is 1. The van der Waals surface area contributed by atoms with E-state index >= 15 is 0 Å². The van der Waals surface area contributed by atoms with E-state index < -0.39 is 0 Å². The van der Waals surface area contributed by atoms with Crippen LogP contribution in [0, 0.1) is 0 Å². The number of aromatic amines is 1. The van der Waals surface area contributed by atoms with Crippen LogP contribution in [-0.2, 0) is 6.54 Å². The lowest BCUT2D eigenvalue weighted by Gasteiger charge is -2.15. The summed E-state index contributed by atoms with van der Waals surface area (Å²) in [5, 5.41) is 12.4. The molecule has 1 aliphatic rings. The van der Waals surface area contributed by atoms with Crippen LogP contribution >= 0.6 is 0 Å². The fraction of sp³-hybridized carbons (Fsp3) is 0.333. The largest absolute Gasteiger partial charge is 0.347 e. The van der Waals surface area contributed by atoms with Crippen molar-refractivity contribution in [2.24, 2.45) is 0 Å². The first-order chi connectivity index (χ1) is 10.7. The summed E-state index contributed by atoms with van der Waals surface area (Å²) in [5.41, 5.74) is 1.86. The van der Waals surface area contributed by atoms with Crippen LogP contribution in [0.25, 0.3) is 0 Å². The van der Waals surface area contributed by atoms with E-state index in [2.05, 4.69) is 20.7 Å². The van der Waals surface area contributed by atoms with Gasteiger partial charge in [0, 0.05) is 25.2 Å². The molecule has 1 aromatic heterocycles. The van der Waals surface area contributed by atoms with Crippen molar-refractivity contribution in [2.45, 2.75) is 19.4 Å². The number of benzene rings is 1. The lowest BCUT2D eigenvalue weighted by Crippen LogP contribution is -2.27. The number of nitrogens with one attached hydrogen (secondary N) is 2. The Labute approximate surface area is 127 Å². The predicted molar refractivity (Wildman–Crippen MR) is 79.1 cm³/mol. The SMILES string of the molecule is O=C(NCc1ccc(C(=O)N2CCCC2)cc1)c1cn[nH]n1. The Morgan fingerprint density at radius 3 is 2.55 bits per heavy atom. The quantitative estimate of drug-likeness (QED) is 0.880. The Morgan fingerprint density at radius 1 is 1.18 bits per heavy atom. The Bertz CT molecular complexity index is 645.